The average molecular weight is 464 g/mol. The van der Waals surface area contributed by atoms with E-state index in [0.29, 0.717) is 16.5 Å². The van der Waals surface area contributed by atoms with Crippen molar-refractivity contribution in [2.45, 2.75) is 54.5 Å². The molecule has 0 spiro atoms. The molecular weight excluding hydrogens is 431 g/mol. The Morgan fingerprint density at radius 3 is 2.21 bits per heavy atom. The SMILES string of the molecule is CC.CC.CC.[B]c1cc2c(NCc3cccc(C(F)F)c3F)nc(=NC)n(C)c2cc1F. The van der Waals surface area contributed by atoms with Gasteiger partial charge in [0.25, 0.3) is 6.43 Å². The zero-order valence-corrected chi connectivity index (χ0v) is 20.6. The third-order valence-electron chi connectivity index (χ3n) is 4.23. The van der Waals surface area contributed by atoms with Crippen LogP contribution in [0.15, 0.2) is 35.3 Å². The van der Waals surface area contributed by atoms with Crippen LogP contribution in [0.5, 0.6) is 0 Å². The average Bonchev–Trinajstić information content (AvgIpc) is 2.84. The highest BCUT2D eigenvalue weighted by atomic mass is 19.3. The number of aromatic nitrogens is 2. The standard InChI is InChI=1S/C18H15BF4N4.3C2H6/c1-24-18-26-17(11-6-12(19)13(20)7-14(11)27(18)2)25-8-9-4-3-5-10(15(9)21)16(22)23;3*1-2/h3-7,16H,8H2,1-2H3,(H,24,25,26);3*1-2H3. The van der Waals surface area contributed by atoms with E-state index in [0.717, 1.165) is 6.07 Å². The molecule has 0 unspecified atom stereocenters. The molecule has 0 saturated heterocycles. The molecule has 180 valence electrons. The maximum absolute atomic E-state index is 14.2. The van der Waals surface area contributed by atoms with E-state index in [-0.39, 0.29) is 23.4 Å². The van der Waals surface area contributed by atoms with Crippen molar-refractivity contribution in [3.8, 4) is 0 Å². The lowest BCUT2D eigenvalue weighted by Gasteiger charge is -2.14. The van der Waals surface area contributed by atoms with Crippen molar-refractivity contribution in [3.05, 3.63) is 58.7 Å². The van der Waals surface area contributed by atoms with Gasteiger partial charge in [-0.05, 0) is 6.07 Å². The summed E-state index contributed by atoms with van der Waals surface area (Å²) in [6.07, 6.45) is -2.91. The third kappa shape index (κ3) is 7.34. The number of rotatable bonds is 4. The summed E-state index contributed by atoms with van der Waals surface area (Å²) in [5.74, 6) is -1.28. The maximum Gasteiger partial charge on any atom is 0.266 e. The Hall–Kier alpha value is -2.84. The third-order valence-corrected chi connectivity index (χ3v) is 4.23. The first-order valence-corrected chi connectivity index (χ1v) is 11.0. The van der Waals surface area contributed by atoms with Crippen LogP contribution >= 0.6 is 0 Å². The van der Waals surface area contributed by atoms with Gasteiger partial charge in [0.1, 0.15) is 25.3 Å². The van der Waals surface area contributed by atoms with Gasteiger partial charge in [0.2, 0.25) is 5.62 Å². The van der Waals surface area contributed by atoms with E-state index < -0.39 is 23.6 Å². The highest BCUT2D eigenvalue weighted by Crippen LogP contribution is 2.25. The molecule has 3 rings (SSSR count). The minimum Gasteiger partial charge on any atom is -0.365 e. The number of alkyl halides is 2. The molecule has 2 aromatic carbocycles. The summed E-state index contributed by atoms with van der Waals surface area (Å²) in [6.45, 7) is 11.9. The summed E-state index contributed by atoms with van der Waals surface area (Å²) < 4.78 is 55.4. The minimum absolute atomic E-state index is 0.0565. The van der Waals surface area contributed by atoms with Gasteiger partial charge in [-0.15, -0.1) is 0 Å². The Morgan fingerprint density at radius 2 is 1.67 bits per heavy atom. The second kappa shape index (κ2) is 15.1. The van der Waals surface area contributed by atoms with Gasteiger partial charge in [-0.1, -0.05) is 71.3 Å². The first-order chi connectivity index (χ1) is 15.8. The van der Waals surface area contributed by atoms with Crippen molar-refractivity contribution in [3.63, 3.8) is 0 Å². The van der Waals surface area contributed by atoms with Crippen molar-refractivity contribution in [1.82, 2.24) is 9.55 Å². The molecule has 0 atom stereocenters. The summed E-state index contributed by atoms with van der Waals surface area (Å²) in [5.41, 5.74) is 0.0974. The topological polar surface area (TPSA) is 42.2 Å². The Morgan fingerprint density at radius 1 is 1.06 bits per heavy atom. The van der Waals surface area contributed by atoms with E-state index in [2.05, 4.69) is 15.3 Å². The predicted molar refractivity (Wildman–Crippen MR) is 130 cm³/mol. The van der Waals surface area contributed by atoms with E-state index >= 15 is 0 Å². The molecule has 1 N–H and O–H groups in total. The lowest BCUT2D eigenvalue weighted by atomic mass is 9.94. The van der Waals surface area contributed by atoms with Crippen LogP contribution in [0.3, 0.4) is 0 Å². The first-order valence-electron chi connectivity index (χ1n) is 11.0. The molecule has 1 aromatic heterocycles. The van der Waals surface area contributed by atoms with Gasteiger partial charge in [0, 0.05) is 31.6 Å². The largest absolute Gasteiger partial charge is 0.365 e. The molecule has 33 heavy (non-hydrogen) atoms. The molecule has 0 aliphatic heterocycles. The van der Waals surface area contributed by atoms with Gasteiger partial charge >= 0.3 is 0 Å². The van der Waals surface area contributed by atoms with Crippen molar-refractivity contribution in [1.29, 1.82) is 0 Å². The molecule has 0 aliphatic carbocycles. The number of hydrogen-bond donors (Lipinski definition) is 1. The number of aryl methyl sites for hydroxylation is 1. The smallest absolute Gasteiger partial charge is 0.266 e. The van der Waals surface area contributed by atoms with E-state index in [4.69, 9.17) is 7.85 Å². The number of halogens is 4. The van der Waals surface area contributed by atoms with Crippen LogP contribution in [0.1, 0.15) is 59.1 Å². The second-order valence-electron chi connectivity index (χ2n) is 5.91. The van der Waals surface area contributed by atoms with Crippen LogP contribution in [0, 0.1) is 11.6 Å². The van der Waals surface area contributed by atoms with E-state index in [1.165, 1.54) is 31.3 Å². The highest BCUT2D eigenvalue weighted by Gasteiger charge is 2.16. The molecule has 1 heterocycles. The van der Waals surface area contributed by atoms with Gasteiger partial charge in [0.05, 0.1) is 11.1 Å². The number of anilines is 1. The Balaban J connectivity index is 0.00000158. The number of nitrogens with one attached hydrogen (secondary N) is 1. The zero-order chi connectivity index (χ0) is 25.7. The van der Waals surface area contributed by atoms with E-state index in [1.54, 1.807) is 11.6 Å². The highest BCUT2D eigenvalue weighted by molar-refractivity contribution is 6.33. The van der Waals surface area contributed by atoms with Crippen molar-refractivity contribution in [2.75, 3.05) is 12.4 Å². The predicted octanol–water partition coefficient (Wildman–Crippen LogP) is 5.80. The summed E-state index contributed by atoms with van der Waals surface area (Å²) in [5, 5.41) is 3.41. The monoisotopic (exact) mass is 464 g/mol. The van der Waals surface area contributed by atoms with Crippen LogP contribution < -0.4 is 16.4 Å². The molecule has 4 nitrogen and oxygen atoms in total. The van der Waals surface area contributed by atoms with Crippen molar-refractivity contribution >= 4 is 30.0 Å². The molecular formula is C24H33BF4N4. The molecule has 9 heteroatoms. The number of benzene rings is 2. The van der Waals surface area contributed by atoms with Crippen LogP contribution in [0.25, 0.3) is 10.9 Å². The fourth-order valence-corrected chi connectivity index (χ4v) is 2.81. The summed E-state index contributed by atoms with van der Waals surface area (Å²) in [6, 6.07) is 6.46. The fraction of sp³-hybridized carbons (Fsp3) is 0.417. The Kier molecular flexibility index (Phi) is 13.8. The fourth-order valence-electron chi connectivity index (χ4n) is 2.81. The number of fused-ring (bicyclic) bond motifs is 1. The molecule has 0 fully saturated rings. The van der Waals surface area contributed by atoms with Crippen molar-refractivity contribution < 1.29 is 17.6 Å². The van der Waals surface area contributed by atoms with Gasteiger partial charge < -0.3 is 9.88 Å². The normalized spacial score (nSPS) is 10.5. The lowest BCUT2D eigenvalue weighted by Crippen LogP contribution is -2.25. The van der Waals surface area contributed by atoms with E-state index in [9.17, 15) is 17.6 Å². The molecule has 0 amide bonds. The van der Waals surface area contributed by atoms with Crippen molar-refractivity contribution in [2.24, 2.45) is 12.0 Å². The zero-order valence-electron chi connectivity index (χ0n) is 20.6. The van der Waals surface area contributed by atoms with Crippen LogP contribution in [0.2, 0.25) is 0 Å². The molecule has 2 radical (unpaired) electrons. The van der Waals surface area contributed by atoms with Crippen LogP contribution in [0.4, 0.5) is 23.4 Å². The van der Waals surface area contributed by atoms with Gasteiger partial charge in [-0.3, -0.25) is 4.99 Å². The minimum atomic E-state index is -2.91. The lowest BCUT2D eigenvalue weighted by molar-refractivity contribution is 0.146. The molecule has 0 bridgehead atoms. The van der Waals surface area contributed by atoms with Gasteiger partial charge in [-0.2, -0.15) is 4.98 Å². The van der Waals surface area contributed by atoms with Gasteiger partial charge in [0.15, 0.2) is 0 Å². The molecule has 0 saturated carbocycles. The van der Waals surface area contributed by atoms with Crippen LogP contribution in [-0.4, -0.2) is 24.4 Å². The second-order valence-corrected chi connectivity index (χ2v) is 5.91. The first kappa shape index (κ1) is 30.2. The van der Waals surface area contributed by atoms with Crippen LogP contribution in [-0.2, 0) is 13.6 Å². The molecule has 0 aliphatic rings. The summed E-state index contributed by atoms with van der Waals surface area (Å²) >= 11 is 0. The Labute approximate surface area is 195 Å². The summed E-state index contributed by atoms with van der Waals surface area (Å²) in [7, 11) is 8.85. The summed E-state index contributed by atoms with van der Waals surface area (Å²) in [4.78, 5) is 8.36. The van der Waals surface area contributed by atoms with Gasteiger partial charge in [-0.25, -0.2) is 17.6 Å². The molecule has 3 aromatic rings. The quantitative estimate of drug-likeness (QED) is 0.392. The maximum atomic E-state index is 14.2. The Bertz CT molecular complexity index is 1080. The number of hydrogen-bond acceptors (Lipinski definition) is 3. The van der Waals surface area contributed by atoms with E-state index in [1.807, 2.05) is 41.5 Å². The number of nitrogens with zero attached hydrogens (tertiary/aromatic N) is 3.